The number of sulfonamides is 1. The Labute approximate surface area is 212 Å². The summed E-state index contributed by atoms with van der Waals surface area (Å²) in [5, 5.41) is 9.97. The third-order valence-corrected chi connectivity index (χ3v) is 6.88. The monoisotopic (exact) mass is 505 g/mol. The first-order chi connectivity index (χ1) is 17.1. The Morgan fingerprint density at radius 2 is 1.47 bits per heavy atom. The third kappa shape index (κ3) is 6.87. The number of hydrogen-bond donors (Lipinski definition) is 4. The van der Waals surface area contributed by atoms with Gasteiger partial charge in [-0.3, -0.25) is 0 Å². The second-order valence-electron chi connectivity index (χ2n) is 9.47. The lowest BCUT2D eigenvalue weighted by molar-refractivity contribution is 0.482. The maximum Gasteiger partial charge on any atom is 0.241 e. The predicted molar refractivity (Wildman–Crippen MR) is 145 cm³/mol. The summed E-state index contributed by atoms with van der Waals surface area (Å²) in [5.41, 5.74) is 2.00. The van der Waals surface area contributed by atoms with E-state index < -0.39 is 15.6 Å². The fourth-order valence-corrected chi connectivity index (χ4v) is 4.89. The molecular weight excluding hydrogens is 474 g/mol. The van der Waals surface area contributed by atoms with Crippen molar-refractivity contribution in [3.05, 3.63) is 90.3 Å². The van der Waals surface area contributed by atoms with Crippen LogP contribution in [0.4, 0.5) is 11.4 Å². The highest BCUT2D eigenvalue weighted by atomic mass is 32.2. The SMILES string of the molecule is CC1=C(Nc2ccc(S(=O)(=O)NC(C)(C)C)cc2)NC(Nc2ccc(Oc3ccccc3)cc2)N=C1. The van der Waals surface area contributed by atoms with Crippen LogP contribution in [0.1, 0.15) is 27.7 Å². The van der Waals surface area contributed by atoms with Crippen LogP contribution in [0.3, 0.4) is 0 Å². The fourth-order valence-electron chi connectivity index (χ4n) is 3.47. The molecule has 1 unspecified atom stereocenters. The van der Waals surface area contributed by atoms with Gasteiger partial charge in [-0.15, -0.1) is 0 Å². The molecule has 3 aromatic rings. The maximum absolute atomic E-state index is 12.5. The molecule has 1 aliphatic rings. The quantitative estimate of drug-likeness (QED) is 0.333. The van der Waals surface area contributed by atoms with Crippen LogP contribution in [-0.4, -0.2) is 26.5 Å². The van der Waals surface area contributed by atoms with Crippen molar-refractivity contribution in [2.45, 2.75) is 44.4 Å². The van der Waals surface area contributed by atoms with Gasteiger partial charge in [0.15, 0.2) is 6.29 Å². The van der Waals surface area contributed by atoms with E-state index in [1.807, 2.05) is 82.3 Å². The summed E-state index contributed by atoms with van der Waals surface area (Å²) in [7, 11) is -3.59. The highest BCUT2D eigenvalue weighted by Gasteiger charge is 2.22. The Hall–Kier alpha value is -3.82. The van der Waals surface area contributed by atoms with Crippen molar-refractivity contribution < 1.29 is 13.2 Å². The molecule has 188 valence electrons. The summed E-state index contributed by atoms with van der Waals surface area (Å²) < 4.78 is 33.6. The number of anilines is 2. The van der Waals surface area contributed by atoms with Gasteiger partial charge in [0.1, 0.15) is 17.3 Å². The van der Waals surface area contributed by atoms with Gasteiger partial charge in [-0.1, -0.05) is 18.2 Å². The van der Waals surface area contributed by atoms with E-state index in [1.165, 1.54) is 0 Å². The van der Waals surface area contributed by atoms with E-state index in [-0.39, 0.29) is 11.2 Å². The lowest BCUT2D eigenvalue weighted by atomic mass is 10.1. The zero-order chi connectivity index (χ0) is 25.8. The predicted octanol–water partition coefficient (Wildman–Crippen LogP) is 5.27. The average molecular weight is 506 g/mol. The van der Waals surface area contributed by atoms with Crippen LogP contribution >= 0.6 is 0 Å². The molecule has 0 spiro atoms. The third-order valence-electron chi connectivity index (χ3n) is 5.10. The summed E-state index contributed by atoms with van der Waals surface area (Å²) >= 11 is 0. The van der Waals surface area contributed by atoms with Crippen LogP contribution in [-0.2, 0) is 10.0 Å². The highest BCUT2D eigenvalue weighted by molar-refractivity contribution is 7.89. The molecule has 0 fully saturated rings. The molecule has 0 bridgehead atoms. The summed E-state index contributed by atoms with van der Waals surface area (Å²) in [5.74, 6) is 2.30. The van der Waals surface area contributed by atoms with Crippen LogP contribution in [0.15, 0.2) is 100 Å². The summed E-state index contributed by atoms with van der Waals surface area (Å²) in [6.45, 7) is 7.37. The molecule has 0 saturated heterocycles. The van der Waals surface area contributed by atoms with Crippen molar-refractivity contribution >= 4 is 27.6 Å². The van der Waals surface area contributed by atoms with Crippen molar-refractivity contribution in [1.82, 2.24) is 10.0 Å². The zero-order valence-corrected chi connectivity index (χ0v) is 21.6. The molecule has 0 aliphatic carbocycles. The Morgan fingerprint density at radius 1 is 0.861 bits per heavy atom. The van der Waals surface area contributed by atoms with E-state index in [0.717, 1.165) is 34.3 Å². The van der Waals surface area contributed by atoms with Gasteiger partial charge in [-0.05, 0) is 88.4 Å². The Bertz CT molecular complexity index is 1350. The number of nitrogens with zero attached hydrogens (tertiary/aromatic N) is 1. The number of allylic oxidation sites excluding steroid dienone is 1. The Balaban J connectivity index is 1.36. The number of benzene rings is 3. The average Bonchev–Trinajstić information content (AvgIpc) is 2.82. The van der Waals surface area contributed by atoms with Crippen LogP contribution < -0.4 is 25.4 Å². The van der Waals surface area contributed by atoms with Gasteiger partial charge in [-0.2, -0.15) is 0 Å². The number of rotatable bonds is 8. The molecular formula is C27H31N5O3S. The van der Waals surface area contributed by atoms with E-state index in [2.05, 4.69) is 25.7 Å². The molecule has 4 rings (SSSR count). The maximum atomic E-state index is 12.5. The minimum absolute atomic E-state index is 0.214. The van der Waals surface area contributed by atoms with Gasteiger partial charge < -0.3 is 20.7 Å². The summed E-state index contributed by atoms with van der Waals surface area (Å²) in [6.07, 6.45) is 1.41. The molecule has 9 heteroatoms. The number of para-hydroxylation sites is 1. The van der Waals surface area contributed by atoms with Crippen molar-refractivity contribution in [2.24, 2.45) is 4.99 Å². The van der Waals surface area contributed by atoms with E-state index in [1.54, 1.807) is 30.5 Å². The van der Waals surface area contributed by atoms with Gasteiger partial charge in [0.2, 0.25) is 10.0 Å². The van der Waals surface area contributed by atoms with Gasteiger partial charge >= 0.3 is 0 Å². The number of aliphatic imine (C=N–C) groups is 1. The van der Waals surface area contributed by atoms with Crippen LogP contribution in [0.5, 0.6) is 11.5 Å². The van der Waals surface area contributed by atoms with Crippen molar-refractivity contribution in [1.29, 1.82) is 0 Å². The minimum atomic E-state index is -3.59. The van der Waals surface area contributed by atoms with Gasteiger partial charge in [0.05, 0.1) is 4.90 Å². The molecule has 0 saturated carbocycles. The normalized spacial score (nSPS) is 15.8. The molecule has 1 heterocycles. The van der Waals surface area contributed by atoms with Crippen LogP contribution in [0, 0.1) is 0 Å². The molecule has 1 aliphatic heterocycles. The van der Waals surface area contributed by atoms with Crippen molar-refractivity contribution in [3.8, 4) is 11.5 Å². The van der Waals surface area contributed by atoms with Crippen molar-refractivity contribution in [2.75, 3.05) is 10.6 Å². The second-order valence-corrected chi connectivity index (χ2v) is 11.2. The molecule has 8 nitrogen and oxygen atoms in total. The van der Waals surface area contributed by atoms with Crippen LogP contribution in [0.2, 0.25) is 0 Å². The van der Waals surface area contributed by atoms with Gasteiger partial charge in [0.25, 0.3) is 0 Å². The smallest absolute Gasteiger partial charge is 0.241 e. The molecule has 0 amide bonds. The highest BCUT2D eigenvalue weighted by Crippen LogP contribution is 2.24. The van der Waals surface area contributed by atoms with E-state index in [4.69, 9.17) is 4.74 Å². The van der Waals surface area contributed by atoms with E-state index in [0.29, 0.717) is 0 Å². The number of hydrogen-bond acceptors (Lipinski definition) is 7. The molecule has 36 heavy (non-hydrogen) atoms. The minimum Gasteiger partial charge on any atom is -0.457 e. The van der Waals surface area contributed by atoms with Crippen LogP contribution in [0.25, 0.3) is 0 Å². The molecule has 3 aromatic carbocycles. The first kappa shape index (κ1) is 25.3. The topological polar surface area (TPSA) is 104 Å². The first-order valence-corrected chi connectivity index (χ1v) is 13.1. The number of nitrogens with one attached hydrogen (secondary N) is 4. The molecule has 0 aromatic heterocycles. The molecule has 0 radical (unpaired) electrons. The lowest BCUT2D eigenvalue weighted by Crippen LogP contribution is -2.40. The van der Waals surface area contributed by atoms with E-state index >= 15 is 0 Å². The van der Waals surface area contributed by atoms with E-state index in [9.17, 15) is 8.42 Å². The Kier molecular flexibility index (Phi) is 7.32. The van der Waals surface area contributed by atoms with Gasteiger partial charge in [0, 0.05) is 28.7 Å². The number of ether oxygens (including phenoxy) is 1. The largest absolute Gasteiger partial charge is 0.457 e. The zero-order valence-electron chi connectivity index (χ0n) is 20.7. The molecule has 4 N–H and O–H groups in total. The summed E-state index contributed by atoms with van der Waals surface area (Å²) in [4.78, 5) is 4.72. The Morgan fingerprint density at radius 3 is 2.11 bits per heavy atom. The fraction of sp³-hybridized carbons (Fsp3) is 0.222. The van der Waals surface area contributed by atoms with Crippen molar-refractivity contribution in [3.63, 3.8) is 0 Å². The molecule has 1 atom stereocenters. The van der Waals surface area contributed by atoms with Gasteiger partial charge in [-0.25, -0.2) is 18.1 Å². The summed E-state index contributed by atoms with van der Waals surface area (Å²) in [6, 6.07) is 23.9. The standard InChI is InChI=1S/C27H31N5O3S/c1-19-18-28-26(30-21-10-14-23(15-11-21)35-22-8-6-5-7-9-22)31-25(19)29-20-12-16-24(17-13-20)36(33,34)32-27(2,3)4/h5-18,26,29-32H,1-4H3. The second kappa shape index (κ2) is 10.4. The first-order valence-electron chi connectivity index (χ1n) is 11.6. The lowest BCUT2D eigenvalue weighted by Gasteiger charge is -2.26.